The molecule has 1 aliphatic rings. The first-order chi connectivity index (χ1) is 10.3. The lowest BCUT2D eigenvalue weighted by Gasteiger charge is -2.19. The number of ether oxygens (including phenoxy) is 1. The Balaban J connectivity index is 0.00000264. The van der Waals surface area contributed by atoms with Crippen molar-refractivity contribution in [2.45, 2.75) is 51.7 Å². The quantitative estimate of drug-likeness (QED) is 0.453. The molecule has 4 nitrogen and oxygen atoms in total. The molecule has 2 heterocycles. The van der Waals surface area contributed by atoms with E-state index in [-0.39, 0.29) is 36.6 Å². The summed E-state index contributed by atoms with van der Waals surface area (Å²) in [7, 11) is 0. The van der Waals surface area contributed by atoms with E-state index in [9.17, 15) is 9.59 Å². The molecule has 0 radical (unpaired) electrons. The average Bonchev–Trinajstić information content (AvgIpc) is 2.71. The number of cyclic esters (lactones) is 1. The van der Waals surface area contributed by atoms with E-state index in [0.29, 0.717) is 6.42 Å². The minimum Gasteiger partial charge on any atom is -1.00 e. The Hall–Kier alpha value is -0.460. The third-order valence-electron chi connectivity index (χ3n) is 3.97. The summed E-state index contributed by atoms with van der Waals surface area (Å²) in [6.07, 6.45) is 6.97. The van der Waals surface area contributed by atoms with E-state index < -0.39 is 5.60 Å². The number of rotatable bonds is 6. The van der Waals surface area contributed by atoms with Crippen LogP contribution in [-0.2, 0) is 20.9 Å². The van der Waals surface area contributed by atoms with E-state index in [1.54, 1.807) is 11.5 Å². The molecule has 1 aromatic heterocycles. The van der Waals surface area contributed by atoms with E-state index in [1.165, 1.54) is 0 Å². The number of halogens is 3. The average molecular weight is 470 g/mol. The van der Waals surface area contributed by atoms with E-state index >= 15 is 0 Å². The summed E-state index contributed by atoms with van der Waals surface area (Å²) in [6.45, 7) is 4.00. The van der Waals surface area contributed by atoms with Crippen molar-refractivity contribution in [3.8, 4) is 0 Å². The fourth-order valence-corrected chi connectivity index (χ4v) is 4.05. The topological polar surface area (TPSA) is 47.2 Å². The minimum atomic E-state index is -1.00. The molecular formula is C16H20Br2ClNO3. The van der Waals surface area contributed by atoms with Crippen LogP contribution < -0.4 is 17.0 Å². The Labute approximate surface area is 159 Å². The van der Waals surface area contributed by atoms with E-state index in [2.05, 4.69) is 38.8 Å². The number of pyridine rings is 1. The van der Waals surface area contributed by atoms with E-state index in [4.69, 9.17) is 4.74 Å². The van der Waals surface area contributed by atoms with Crippen molar-refractivity contribution >= 4 is 43.6 Å². The van der Waals surface area contributed by atoms with Gasteiger partial charge in [0, 0.05) is 6.42 Å². The Kier molecular flexibility index (Phi) is 7.68. The van der Waals surface area contributed by atoms with Gasteiger partial charge in [-0.2, -0.15) is 4.57 Å². The first-order valence-corrected chi connectivity index (χ1v) is 9.04. The van der Waals surface area contributed by atoms with E-state index in [0.717, 1.165) is 28.2 Å². The SMILES string of the molecule is CCCCC1CC(C)(C(=O)C[n+]2cc(Br)cc(Br)c2)OC1=O.[Cl-]. The van der Waals surface area contributed by atoms with Crippen molar-refractivity contribution in [1.29, 1.82) is 0 Å². The summed E-state index contributed by atoms with van der Waals surface area (Å²) in [6, 6.07) is 1.90. The van der Waals surface area contributed by atoms with Crippen LogP contribution in [0.3, 0.4) is 0 Å². The molecule has 0 amide bonds. The number of nitrogens with zero attached hydrogens (tertiary/aromatic N) is 1. The molecule has 0 bridgehead atoms. The first kappa shape index (κ1) is 20.6. The van der Waals surface area contributed by atoms with Crippen molar-refractivity contribution in [3.05, 3.63) is 27.4 Å². The Morgan fingerprint density at radius 3 is 2.57 bits per heavy atom. The van der Waals surface area contributed by atoms with Crippen LogP contribution in [0, 0.1) is 5.92 Å². The maximum Gasteiger partial charge on any atom is 0.310 e. The number of unbranched alkanes of at least 4 members (excludes halogenated alkanes) is 1. The third-order valence-corrected chi connectivity index (χ3v) is 4.84. The lowest BCUT2D eigenvalue weighted by molar-refractivity contribution is -0.685. The van der Waals surface area contributed by atoms with Gasteiger partial charge in [-0.25, -0.2) is 0 Å². The molecule has 0 N–H and O–H groups in total. The summed E-state index contributed by atoms with van der Waals surface area (Å²) in [4.78, 5) is 24.6. The van der Waals surface area contributed by atoms with Crippen LogP contribution in [-0.4, -0.2) is 17.4 Å². The maximum absolute atomic E-state index is 12.6. The predicted molar refractivity (Wildman–Crippen MR) is 89.2 cm³/mol. The van der Waals surface area contributed by atoms with E-state index in [1.807, 2.05) is 18.5 Å². The van der Waals surface area contributed by atoms with Gasteiger partial charge >= 0.3 is 5.97 Å². The molecule has 0 spiro atoms. The summed E-state index contributed by atoms with van der Waals surface area (Å²) < 4.78 is 8.97. The molecule has 23 heavy (non-hydrogen) atoms. The smallest absolute Gasteiger partial charge is 0.310 e. The van der Waals surface area contributed by atoms with Gasteiger partial charge in [-0.05, 0) is 51.3 Å². The lowest BCUT2D eigenvalue weighted by Crippen LogP contribution is -3.00. The summed E-state index contributed by atoms with van der Waals surface area (Å²) in [5, 5.41) is 0. The van der Waals surface area contributed by atoms with Gasteiger partial charge in [0.1, 0.15) is 0 Å². The van der Waals surface area contributed by atoms with Gasteiger partial charge in [-0.3, -0.25) is 9.59 Å². The molecular weight excluding hydrogens is 449 g/mol. The van der Waals surface area contributed by atoms with Crippen molar-refractivity contribution in [1.82, 2.24) is 0 Å². The molecule has 1 aliphatic heterocycles. The molecule has 7 heteroatoms. The number of hydrogen-bond donors (Lipinski definition) is 0. The Bertz CT molecular complexity index is 576. The number of carbonyl (C=O) groups is 2. The van der Waals surface area contributed by atoms with Crippen LogP contribution in [0.15, 0.2) is 27.4 Å². The monoisotopic (exact) mass is 467 g/mol. The van der Waals surface area contributed by atoms with Crippen LogP contribution in [0.25, 0.3) is 0 Å². The summed E-state index contributed by atoms with van der Waals surface area (Å²) in [5.41, 5.74) is -1.00. The molecule has 2 rings (SSSR count). The second kappa shape index (κ2) is 8.58. The minimum absolute atomic E-state index is 0. The second-order valence-corrected chi connectivity index (χ2v) is 7.79. The highest BCUT2D eigenvalue weighted by Crippen LogP contribution is 2.34. The molecule has 1 saturated heterocycles. The number of esters is 1. The molecule has 1 fully saturated rings. The van der Waals surface area contributed by atoms with Crippen molar-refractivity contribution in [2.75, 3.05) is 0 Å². The van der Waals surface area contributed by atoms with Crippen molar-refractivity contribution < 1.29 is 31.3 Å². The zero-order valence-corrected chi connectivity index (χ0v) is 17.1. The maximum atomic E-state index is 12.6. The normalized spacial score (nSPS) is 23.3. The van der Waals surface area contributed by atoms with Gasteiger partial charge < -0.3 is 17.1 Å². The first-order valence-electron chi connectivity index (χ1n) is 7.45. The highest BCUT2D eigenvalue weighted by Gasteiger charge is 2.49. The largest absolute Gasteiger partial charge is 1.00 e. The number of carbonyl (C=O) groups excluding carboxylic acids is 2. The van der Waals surface area contributed by atoms with Crippen LogP contribution in [0.5, 0.6) is 0 Å². The number of aromatic nitrogens is 1. The molecule has 0 saturated carbocycles. The fourth-order valence-electron chi connectivity index (χ4n) is 2.73. The number of Topliss-reactive ketones (excluding diaryl/α,β-unsaturated/α-hetero) is 1. The summed E-state index contributed by atoms with van der Waals surface area (Å²) >= 11 is 6.80. The zero-order chi connectivity index (χ0) is 16.3. The summed E-state index contributed by atoms with van der Waals surface area (Å²) in [5.74, 6) is -0.451. The molecule has 0 aliphatic carbocycles. The fraction of sp³-hybridized carbons (Fsp3) is 0.562. The number of hydrogen-bond acceptors (Lipinski definition) is 3. The van der Waals surface area contributed by atoms with Gasteiger partial charge in [0.15, 0.2) is 18.0 Å². The van der Waals surface area contributed by atoms with Crippen LogP contribution in [0.2, 0.25) is 0 Å². The molecule has 2 unspecified atom stereocenters. The standard InChI is InChI=1S/C16H20Br2NO3.ClH/c1-3-4-5-11-7-16(2,22-15(11)21)14(20)10-19-8-12(17)6-13(18)9-19;/h6,8-9,11H,3-5,7,10H2,1-2H3;1H/q+1;/p-1. The highest BCUT2D eigenvalue weighted by atomic mass is 79.9. The van der Waals surface area contributed by atoms with Gasteiger partial charge in [-0.15, -0.1) is 0 Å². The highest BCUT2D eigenvalue weighted by molar-refractivity contribution is 9.11. The van der Waals surface area contributed by atoms with Crippen molar-refractivity contribution in [2.24, 2.45) is 5.92 Å². The van der Waals surface area contributed by atoms with Gasteiger partial charge in [-0.1, -0.05) is 19.8 Å². The third kappa shape index (κ3) is 5.26. The van der Waals surface area contributed by atoms with Crippen LogP contribution >= 0.6 is 31.9 Å². The zero-order valence-electron chi connectivity index (χ0n) is 13.2. The Morgan fingerprint density at radius 1 is 1.39 bits per heavy atom. The predicted octanol–water partition coefficient (Wildman–Crippen LogP) is 0.584. The number of ketones is 1. The van der Waals surface area contributed by atoms with Crippen LogP contribution in [0.1, 0.15) is 39.5 Å². The van der Waals surface area contributed by atoms with Gasteiger partial charge in [0.05, 0.1) is 14.9 Å². The van der Waals surface area contributed by atoms with Gasteiger partial charge in [0.25, 0.3) is 0 Å². The molecule has 2 atom stereocenters. The Morgan fingerprint density at radius 2 is 2.00 bits per heavy atom. The van der Waals surface area contributed by atoms with Crippen LogP contribution in [0.4, 0.5) is 0 Å². The van der Waals surface area contributed by atoms with Gasteiger partial charge in [0.2, 0.25) is 12.3 Å². The molecule has 0 aromatic carbocycles. The lowest BCUT2D eigenvalue weighted by atomic mass is 9.89. The van der Waals surface area contributed by atoms with Crippen molar-refractivity contribution in [3.63, 3.8) is 0 Å². The molecule has 128 valence electrons. The second-order valence-electron chi connectivity index (χ2n) is 5.96. The molecule has 1 aromatic rings.